The van der Waals surface area contributed by atoms with Crippen LogP contribution in [-0.2, 0) is 0 Å². The third-order valence-corrected chi connectivity index (χ3v) is 1.97. The van der Waals surface area contributed by atoms with Crippen molar-refractivity contribution in [1.29, 1.82) is 0 Å². The molecule has 0 unspecified atom stereocenters. The summed E-state index contributed by atoms with van der Waals surface area (Å²) in [6, 6.07) is 3.80. The van der Waals surface area contributed by atoms with Crippen molar-refractivity contribution >= 4 is 17.5 Å². The number of carbonyl (C=O) groups is 1. The first kappa shape index (κ1) is 10.2. The first-order chi connectivity index (χ1) is 7.66. The van der Waals surface area contributed by atoms with Gasteiger partial charge in [-0.1, -0.05) is 0 Å². The molecule has 0 aliphatic carbocycles. The number of rotatable bonds is 2. The molecule has 6 heteroatoms. The number of halogens is 1. The number of hydrogen-bond acceptors (Lipinski definition) is 3. The third kappa shape index (κ3) is 2.00. The Kier molecular flexibility index (Phi) is 2.55. The summed E-state index contributed by atoms with van der Waals surface area (Å²) in [4.78, 5) is 18.1. The highest BCUT2D eigenvalue weighted by Gasteiger charge is 2.12. The molecule has 1 heterocycles. The van der Waals surface area contributed by atoms with Crippen molar-refractivity contribution in [2.24, 2.45) is 0 Å². The zero-order valence-corrected chi connectivity index (χ0v) is 8.20. The molecule has 0 aliphatic heterocycles. The molecule has 2 rings (SSSR count). The largest absolute Gasteiger partial charge is 0.399 e. The van der Waals surface area contributed by atoms with Crippen LogP contribution in [0.1, 0.15) is 10.4 Å². The molecule has 1 amide bonds. The number of nitrogen functional groups attached to an aromatic ring is 1. The van der Waals surface area contributed by atoms with E-state index in [-0.39, 0.29) is 11.5 Å². The van der Waals surface area contributed by atoms with Gasteiger partial charge in [0.1, 0.15) is 5.82 Å². The van der Waals surface area contributed by atoms with Crippen LogP contribution >= 0.6 is 0 Å². The van der Waals surface area contributed by atoms with Crippen LogP contribution in [0.5, 0.6) is 0 Å². The number of imidazole rings is 1. The van der Waals surface area contributed by atoms with Crippen LogP contribution in [0.15, 0.2) is 30.6 Å². The molecule has 0 aliphatic rings. The molecule has 1 aromatic carbocycles. The molecule has 0 atom stereocenters. The highest BCUT2D eigenvalue weighted by atomic mass is 19.1. The quantitative estimate of drug-likeness (QED) is 0.668. The third-order valence-electron chi connectivity index (χ3n) is 1.97. The fraction of sp³-hybridized carbons (Fsp3) is 0. The number of carbonyl (C=O) groups excluding carboxylic acids is 1. The predicted octanol–water partition coefficient (Wildman–Crippen LogP) is 1.38. The number of hydrogen-bond donors (Lipinski definition) is 3. The normalized spacial score (nSPS) is 10.1. The second-order valence-electron chi connectivity index (χ2n) is 3.13. The molecular formula is C10H9FN4O. The molecule has 16 heavy (non-hydrogen) atoms. The van der Waals surface area contributed by atoms with Gasteiger partial charge in [0.2, 0.25) is 5.95 Å². The van der Waals surface area contributed by atoms with E-state index in [1.54, 1.807) is 6.20 Å². The van der Waals surface area contributed by atoms with Crippen LogP contribution in [0.4, 0.5) is 16.0 Å². The van der Waals surface area contributed by atoms with Gasteiger partial charge in [-0.15, -0.1) is 0 Å². The number of aromatic nitrogens is 2. The number of amides is 1. The van der Waals surface area contributed by atoms with Crippen molar-refractivity contribution in [2.75, 3.05) is 11.1 Å². The lowest BCUT2D eigenvalue weighted by molar-refractivity contribution is 0.102. The molecule has 2 aromatic rings. The van der Waals surface area contributed by atoms with E-state index in [1.807, 2.05) is 0 Å². The van der Waals surface area contributed by atoms with Crippen LogP contribution in [0.3, 0.4) is 0 Å². The number of nitrogens with two attached hydrogens (primary N) is 1. The molecule has 0 saturated carbocycles. The average molecular weight is 220 g/mol. The highest BCUT2D eigenvalue weighted by Crippen LogP contribution is 2.13. The minimum Gasteiger partial charge on any atom is -0.399 e. The minimum absolute atomic E-state index is 0.114. The van der Waals surface area contributed by atoms with Crippen LogP contribution in [0, 0.1) is 5.82 Å². The van der Waals surface area contributed by atoms with E-state index in [1.165, 1.54) is 18.3 Å². The zero-order chi connectivity index (χ0) is 11.5. The van der Waals surface area contributed by atoms with Crippen molar-refractivity contribution in [3.8, 4) is 0 Å². The van der Waals surface area contributed by atoms with E-state index in [9.17, 15) is 9.18 Å². The molecule has 0 saturated heterocycles. The maximum Gasteiger partial charge on any atom is 0.261 e. The number of anilines is 2. The first-order valence-electron chi connectivity index (χ1n) is 4.52. The Morgan fingerprint density at radius 3 is 3.00 bits per heavy atom. The van der Waals surface area contributed by atoms with E-state index in [0.29, 0.717) is 5.69 Å². The van der Waals surface area contributed by atoms with Crippen LogP contribution in [0.25, 0.3) is 0 Å². The van der Waals surface area contributed by atoms with Gasteiger partial charge in [0.15, 0.2) is 0 Å². The molecule has 5 nitrogen and oxygen atoms in total. The second-order valence-corrected chi connectivity index (χ2v) is 3.13. The lowest BCUT2D eigenvalue weighted by Gasteiger charge is -2.04. The summed E-state index contributed by atoms with van der Waals surface area (Å²) in [6.07, 6.45) is 3.02. The van der Waals surface area contributed by atoms with Crippen LogP contribution < -0.4 is 11.1 Å². The second kappa shape index (κ2) is 4.01. The Balaban J connectivity index is 2.24. The molecule has 0 radical (unpaired) electrons. The number of H-pyrrole nitrogens is 1. The van der Waals surface area contributed by atoms with E-state index in [4.69, 9.17) is 5.73 Å². The van der Waals surface area contributed by atoms with Gasteiger partial charge in [-0.3, -0.25) is 10.1 Å². The van der Waals surface area contributed by atoms with Gasteiger partial charge in [0.05, 0.1) is 5.56 Å². The number of aromatic amines is 1. The standard InChI is InChI=1S/C10H9FN4O/c11-8-2-1-6(12)5-7(8)9(16)15-10-13-3-4-14-10/h1-5H,12H2,(H2,13,14,15,16). The summed E-state index contributed by atoms with van der Waals surface area (Å²) < 4.78 is 13.3. The fourth-order valence-corrected chi connectivity index (χ4v) is 1.23. The van der Waals surface area contributed by atoms with Crippen molar-refractivity contribution in [1.82, 2.24) is 9.97 Å². The Labute approximate surface area is 90.5 Å². The lowest BCUT2D eigenvalue weighted by Crippen LogP contribution is -2.15. The maximum atomic E-state index is 13.3. The Morgan fingerprint density at radius 2 is 2.31 bits per heavy atom. The fourth-order valence-electron chi connectivity index (χ4n) is 1.23. The minimum atomic E-state index is -0.627. The lowest BCUT2D eigenvalue weighted by atomic mass is 10.2. The number of benzene rings is 1. The van der Waals surface area contributed by atoms with Crippen molar-refractivity contribution in [3.05, 3.63) is 42.0 Å². The van der Waals surface area contributed by atoms with Crippen molar-refractivity contribution < 1.29 is 9.18 Å². The van der Waals surface area contributed by atoms with Gasteiger partial charge >= 0.3 is 0 Å². The van der Waals surface area contributed by atoms with Gasteiger partial charge in [0, 0.05) is 18.1 Å². The SMILES string of the molecule is Nc1ccc(F)c(C(=O)Nc2ncc[nH]2)c1. The van der Waals surface area contributed by atoms with Gasteiger partial charge in [0.25, 0.3) is 5.91 Å². The Bertz CT molecular complexity index is 510. The monoisotopic (exact) mass is 220 g/mol. The smallest absolute Gasteiger partial charge is 0.261 e. The molecular weight excluding hydrogens is 211 g/mol. The Morgan fingerprint density at radius 1 is 1.50 bits per heavy atom. The van der Waals surface area contributed by atoms with Crippen LogP contribution in [0.2, 0.25) is 0 Å². The summed E-state index contributed by atoms with van der Waals surface area (Å²) in [5.41, 5.74) is 5.68. The van der Waals surface area contributed by atoms with Crippen molar-refractivity contribution in [2.45, 2.75) is 0 Å². The van der Waals surface area contributed by atoms with Gasteiger partial charge in [-0.05, 0) is 18.2 Å². The molecule has 1 aromatic heterocycles. The van der Waals surface area contributed by atoms with Crippen molar-refractivity contribution in [3.63, 3.8) is 0 Å². The zero-order valence-electron chi connectivity index (χ0n) is 8.20. The summed E-state index contributed by atoms with van der Waals surface area (Å²) in [7, 11) is 0. The van der Waals surface area contributed by atoms with E-state index in [2.05, 4.69) is 15.3 Å². The van der Waals surface area contributed by atoms with E-state index >= 15 is 0 Å². The molecule has 0 spiro atoms. The number of nitrogens with zero attached hydrogens (tertiary/aromatic N) is 1. The number of nitrogens with one attached hydrogen (secondary N) is 2. The first-order valence-corrected chi connectivity index (χ1v) is 4.52. The molecule has 0 bridgehead atoms. The van der Waals surface area contributed by atoms with Gasteiger partial charge in [-0.2, -0.15) is 0 Å². The molecule has 4 N–H and O–H groups in total. The summed E-state index contributed by atoms with van der Waals surface area (Å²) in [6.45, 7) is 0. The summed E-state index contributed by atoms with van der Waals surface area (Å²) >= 11 is 0. The van der Waals surface area contributed by atoms with Gasteiger partial charge in [-0.25, -0.2) is 9.37 Å². The summed E-state index contributed by atoms with van der Waals surface area (Å²) in [5.74, 6) is -0.968. The maximum absolute atomic E-state index is 13.3. The highest BCUT2D eigenvalue weighted by molar-refractivity contribution is 6.04. The molecule has 0 fully saturated rings. The topological polar surface area (TPSA) is 83.8 Å². The summed E-state index contributed by atoms with van der Waals surface area (Å²) in [5, 5.41) is 2.41. The molecule has 82 valence electrons. The van der Waals surface area contributed by atoms with E-state index in [0.717, 1.165) is 6.07 Å². The predicted molar refractivity (Wildman–Crippen MR) is 57.4 cm³/mol. The Hall–Kier alpha value is -2.37. The average Bonchev–Trinajstić information content (AvgIpc) is 2.74. The van der Waals surface area contributed by atoms with Crippen LogP contribution in [-0.4, -0.2) is 15.9 Å². The van der Waals surface area contributed by atoms with E-state index < -0.39 is 11.7 Å². The van der Waals surface area contributed by atoms with Gasteiger partial charge < -0.3 is 10.7 Å².